The van der Waals surface area contributed by atoms with Crippen LogP contribution >= 0.6 is 0 Å². The smallest absolute Gasteiger partial charge is 0.165 e. The van der Waals surface area contributed by atoms with E-state index in [1.807, 2.05) is 0 Å². The molecule has 1 N–H and O–H groups in total. The van der Waals surface area contributed by atoms with Gasteiger partial charge in [-0.3, -0.25) is 0 Å². The first kappa shape index (κ1) is 14.3. The minimum absolute atomic E-state index is 0.210. The molecule has 0 radical (unpaired) electrons. The first-order valence-electron chi connectivity index (χ1n) is 6.27. The van der Waals surface area contributed by atoms with Crippen molar-refractivity contribution in [1.82, 2.24) is 5.32 Å². The van der Waals surface area contributed by atoms with Gasteiger partial charge >= 0.3 is 0 Å². The van der Waals surface area contributed by atoms with Crippen molar-refractivity contribution in [3.63, 3.8) is 0 Å². The molecule has 1 saturated heterocycles. The van der Waals surface area contributed by atoms with Gasteiger partial charge in [-0.15, -0.1) is 0 Å². The number of benzene rings is 1. The summed E-state index contributed by atoms with van der Waals surface area (Å²) in [4.78, 5) is 0. The molecule has 106 valence electrons. The molecule has 0 amide bonds. The van der Waals surface area contributed by atoms with Gasteiger partial charge in [-0.1, -0.05) is 6.07 Å². The maximum absolute atomic E-state index is 13.5. The summed E-state index contributed by atoms with van der Waals surface area (Å²) in [6.45, 7) is 0.878. The number of hydrogen-bond acceptors (Lipinski definition) is 4. The van der Waals surface area contributed by atoms with Crippen molar-refractivity contribution in [3.8, 4) is 5.75 Å². The standard InChI is InChI=1S/C13H18FNO3S/c1-18-13-5-4-10(7-12(13)14)8-15-9-11-3-2-6-19(11,16)17/h4-5,7,11,15H,2-3,6,8-9H2,1H3. The lowest BCUT2D eigenvalue weighted by atomic mass is 10.2. The van der Waals surface area contributed by atoms with Gasteiger partial charge in [0.1, 0.15) is 0 Å². The predicted molar refractivity (Wildman–Crippen MR) is 71.5 cm³/mol. The molecule has 0 spiro atoms. The summed E-state index contributed by atoms with van der Waals surface area (Å²) in [5.41, 5.74) is 0.772. The van der Waals surface area contributed by atoms with Crippen molar-refractivity contribution in [1.29, 1.82) is 0 Å². The molecular weight excluding hydrogens is 269 g/mol. The highest BCUT2D eigenvalue weighted by Gasteiger charge is 2.30. The molecule has 0 bridgehead atoms. The van der Waals surface area contributed by atoms with Crippen LogP contribution in [0.2, 0.25) is 0 Å². The van der Waals surface area contributed by atoms with Gasteiger partial charge in [-0.2, -0.15) is 0 Å². The van der Waals surface area contributed by atoms with Gasteiger partial charge in [-0.05, 0) is 30.5 Å². The van der Waals surface area contributed by atoms with Gasteiger partial charge in [0.05, 0.1) is 18.1 Å². The van der Waals surface area contributed by atoms with Crippen LogP contribution in [0.4, 0.5) is 4.39 Å². The van der Waals surface area contributed by atoms with Crippen LogP contribution in [-0.2, 0) is 16.4 Å². The second-order valence-corrected chi connectivity index (χ2v) is 7.13. The Morgan fingerprint density at radius 1 is 1.47 bits per heavy atom. The maximum atomic E-state index is 13.5. The summed E-state index contributed by atoms with van der Waals surface area (Å²) in [7, 11) is -1.50. The minimum Gasteiger partial charge on any atom is -0.494 e. The van der Waals surface area contributed by atoms with E-state index in [4.69, 9.17) is 4.74 Å². The third-order valence-electron chi connectivity index (χ3n) is 3.38. The normalized spacial score (nSPS) is 21.5. The first-order chi connectivity index (χ1) is 9.03. The maximum Gasteiger partial charge on any atom is 0.165 e. The predicted octanol–water partition coefficient (Wildman–Crippen LogP) is 1.50. The summed E-state index contributed by atoms with van der Waals surface area (Å²) < 4.78 is 41.5. The summed E-state index contributed by atoms with van der Waals surface area (Å²) in [5.74, 6) is 0.0914. The Kier molecular flexibility index (Phi) is 4.42. The molecule has 1 heterocycles. The van der Waals surface area contributed by atoms with Gasteiger partial charge in [-0.25, -0.2) is 12.8 Å². The van der Waals surface area contributed by atoms with Crippen LogP contribution in [0, 0.1) is 5.82 Å². The monoisotopic (exact) mass is 287 g/mol. The molecular formula is C13H18FNO3S. The Morgan fingerprint density at radius 2 is 2.26 bits per heavy atom. The molecule has 0 saturated carbocycles. The van der Waals surface area contributed by atoms with Crippen LogP contribution in [0.1, 0.15) is 18.4 Å². The van der Waals surface area contributed by atoms with E-state index >= 15 is 0 Å². The highest BCUT2D eigenvalue weighted by molar-refractivity contribution is 7.92. The molecule has 1 aromatic carbocycles. The number of sulfone groups is 1. The van der Waals surface area contributed by atoms with Gasteiger partial charge in [0, 0.05) is 13.1 Å². The number of halogens is 1. The lowest BCUT2D eigenvalue weighted by Crippen LogP contribution is -2.30. The number of nitrogens with one attached hydrogen (secondary N) is 1. The topological polar surface area (TPSA) is 55.4 Å². The van der Waals surface area contributed by atoms with E-state index in [0.717, 1.165) is 12.0 Å². The van der Waals surface area contributed by atoms with Crippen LogP contribution in [0.15, 0.2) is 18.2 Å². The number of hydrogen-bond donors (Lipinski definition) is 1. The summed E-state index contributed by atoms with van der Waals surface area (Å²) in [5, 5.41) is 2.78. The molecule has 1 fully saturated rings. The van der Waals surface area contributed by atoms with E-state index in [0.29, 0.717) is 19.5 Å². The molecule has 6 heteroatoms. The molecule has 2 rings (SSSR count). The highest BCUT2D eigenvalue weighted by atomic mass is 32.2. The lowest BCUT2D eigenvalue weighted by Gasteiger charge is -2.11. The zero-order valence-corrected chi connectivity index (χ0v) is 11.7. The fraction of sp³-hybridized carbons (Fsp3) is 0.538. The Labute approximate surface area is 112 Å². The van der Waals surface area contributed by atoms with Crippen molar-refractivity contribution < 1.29 is 17.5 Å². The zero-order valence-electron chi connectivity index (χ0n) is 10.9. The number of methoxy groups -OCH3 is 1. The Bertz CT molecular complexity index is 545. The van der Waals surface area contributed by atoms with Crippen molar-refractivity contribution in [2.45, 2.75) is 24.6 Å². The van der Waals surface area contributed by atoms with E-state index in [1.54, 1.807) is 12.1 Å². The molecule has 1 aliphatic heterocycles. The summed E-state index contributed by atoms with van der Waals surface area (Å²) in [6.07, 6.45) is 1.46. The SMILES string of the molecule is COc1ccc(CNCC2CCCS2(=O)=O)cc1F. The van der Waals surface area contributed by atoms with Gasteiger partial charge in [0.15, 0.2) is 21.4 Å². The van der Waals surface area contributed by atoms with Crippen molar-refractivity contribution >= 4 is 9.84 Å². The zero-order chi connectivity index (χ0) is 13.9. The molecule has 1 unspecified atom stereocenters. The number of rotatable bonds is 5. The van der Waals surface area contributed by atoms with Crippen LogP contribution in [0.5, 0.6) is 5.75 Å². The Morgan fingerprint density at radius 3 is 2.84 bits per heavy atom. The van der Waals surface area contributed by atoms with E-state index in [2.05, 4.69) is 5.32 Å². The van der Waals surface area contributed by atoms with E-state index in [9.17, 15) is 12.8 Å². The lowest BCUT2D eigenvalue weighted by molar-refractivity contribution is 0.386. The van der Waals surface area contributed by atoms with Crippen LogP contribution in [0.25, 0.3) is 0 Å². The second-order valence-electron chi connectivity index (χ2n) is 4.73. The van der Waals surface area contributed by atoms with Gasteiger partial charge in [0.2, 0.25) is 0 Å². The van der Waals surface area contributed by atoms with Crippen LogP contribution < -0.4 is 10.1 Å². The van der Waals surface area contributed by atoms with E-state index in [-0.39, 0.29) is 16.8 Å². The molecule has 0 aliphatic carbocycles. The molecule has 1 aliphatic rings. The fourth-order valence-corrected chi connectivity index (χ4v) is 4.08. The Balaban J connectivity index is 1.88. The van der Waals surface area contributed by atoms with Crippen LogP contribution in [-0.4, -0.2) is 33.1 Å². The summed E-state index contributed by atoms with van der Waals surface area (Å²) >= 11 is 0. The largest absolute Gasteiger partial charge is 0.494 e. The van der Waals surface area contributed by atoms with Gasteiger partial charge < -0.3 is 10.1 Å². The highest BCUT2D eigenvalue weighted by Crippen LogP contribution is 2.20. The average molecular weight is 287 g/mol. The Hall–Kier alpha value is -1.14. The second kappa shape index (κ2) is 5.88. The minimum atomic E-state index is -2.92. The molecule has 1 aromatic rings. The van der Waals surface area contributed by atoms with Crippen molar-refractivity contribution in [3.05, 3.63) is 29.6 Å². The first-order valence-corrected chi connectivity index (χ1v) is 7.99. The molecule has 0 aromatic heterocycles. The van der Waals surface area contributed by atoms with Gasteiger partial charge in [0.25, 0.3) is 0 Å². The third-order valence-corrected chi connectivity index (χ3v) is 5.66. The van der Waals surface area contributed by atoms with E-state index in [1.165, 1.54) is 13.2 Å². The molecule has 19 heavy (non-hydrogen) atoms. The van der Waals surface area contributed by atoms with Crippen LogP contribution in [0.3, 0.4) is 0 Å². The number of ether oxygens (including phenoxy) is 1. The van der Waals surface area contributed by atoms with Crippen molar-refractivity contribution in [2.75, 3.05) is 19.4 Å². The fourth-order valence-electron chi connectivity index (χ4n) is 2.28. The third kappa shape index (κ3) is 3.45. The average Bonchev–Trinajstić information content (AvgIpc) is 2.69. The molecule has 1 atom stereocenters. The van der Waals surface area contributed by atoms with Crippen molar-refractivity contribution in [2.24, 2.45) is 0 Å². The quantitative estimate of drug-likeness (QED) is 0.891. The molecule has 4 nitrogen and oxygen atoms in total. The van der Waals surface area contributed by atoms with E-state index < -0.39 is 15.7 Å². The summed E-state index contributed by atoms with van der Waals surface area (Å²) in [6, 6.07) is 4.73.